The fraction of sp³-hybridized carbons (Fsp3) is 0.368. The Bertz CT molecular complexity index is 856. The first kappa shape index (κ1) is 18.5. The number of piperazine rings is 1. The third kappa shape index (κ3) is 4.64. The second-order valence-electron chi connectivity index (χ2n) is 6.15. The van der Waals surface area contributed by atoms with Crippen LogP contribution < -0.4 is 10.2 Å². The lowest BCUT2D eigenvalue weighted by Crippen LogP contribution is -2.49. The molecule has 0 atom stereocenters. The fourth-order valence-corrected chi connectivity index (χ4v) is 2.93. The molecule has 2 aromatic rings. The number of aryl methyl sites for hydroxylation is 1. The number of ether oxygens (including phenoxy) is 1. The summed E-state index contributed by atoms with van der Waals surface area (Å²) in [4.78, 5) is 24.6. The maximum atomic E-state index is 11.8. The third-order valence-corrected chi connectivity index (χ3v) is 4.22. The molecule has 0 unspecified atom stereocenters. The molecule has 0 radical (unpaired) electrons. The molecule has 0 bridgehead atoms. The highest BCUT2D eigenvalue weighted by molar-refractivity contribution is 5.68. The van der Waals surface area contributed by atoms with Gasteiger partial charge in [0.15, 0.2) is 0 Å². The predicted octanol–water partition coefficient (Wildman–Crippen LogP) is 2.68. The van der Waals surface area contributed by atoms with Crippen LogP contribution in [0, 0.1) is 18.3 Å². The van der Waals surface area contributed by atoms with Crippen molar-refractivity contribution in [3.8, 4) is 6.07 Å². The van der Waals surface area contributed by atoms with Gasteiger partial charge in [-0.05, 0) is 32.0 Å². The second kappa shape index (κ2) is 8.36. The van der Waals surface area contributed by atoms with Gasteiger partial charge in [-0.1, -0.05) is 6.07 Å². The Kier molecular flexibility index (Phi) is 5.71. The van der Waals surface area contributed by atoms with Crippen LogP contribution in [0.3, 0.4) is 0 Å². The average molecular weight is 366 g/mol. The number of carbonyl (C=O) groups is 1. The molecule has 1 N–H and O–H groups in total. The van der Waals surface area contributed by atoms with Gasteiger partial charge in [-0.25, -0.2) is 14.8 Å². The van der Waals surface area contributed by atoms with Crippen molar-refractivity contribution in [3.05, 3.63) is 41.7 Å². The first-order valence-corrected chi connectivity index (χ1v) is 8.88. The van der Waals surface area contributed by atoms with Crippen molar-refractivity contribution in [2.24, 2.45) is 0 Å². The molecule has 1 aromatic heterocycles. The summed E-state index contributed by atoms with van der Waals surface area (Å²) in [5.74, 6) is 2.13. The molecule has 8 heteroatoms. The summed E-state index contributed by atoms with van der Waals surface area (Å²) in [5, 5.41) is 12.3. The lowest BCUT2D eigenvalue weighted by molar-refractivity contribution is 0.105. The van der Waals surface area contributed by atoms with Gasteiger partial charge in [-0.3, -0.25) is 0 Å². The normalized spacial score (nSPS) is 13.8. The van der Waals surface area contributed by atoms with E-state index in [1.165, 1.54) is 0 Å². The number of anilines is 3. The minimum Gasteiger partial charge on any atom is -0.450 e. The van der Waals surface area contributed by atoms with Crippen molar-refractivity contribution in [2.75, 3.05) is 43.0 Å². The van der Waals surface area contributed by atoms with Crippen molar-refractivity contribution < 1.29 is 9.53 Å². The summed E-state index contributed by atoms with van der Waals surface area (Å²) in [5.41, 5.74) is 1.38. The average Bonchev–Trinajstić information content (AvgIpc) is 2.68. The molecular weight excluding hydrogens is 344 g/mol. The Morgan fingerprint density at radius 2 is 2.04 bits per heavy atom. The number of amides is 1. The molecule has 0 aliphatic carbocycles. The summed E-state index contributed by atoms with van der Waals surface area (Å²) < 4.78 is 5.06. The summed E-state index contributed by atoms with van der Waals surface area (Å²) in [7, 11) is 0. The van der Waals surface area contributed by atoms with Crippen LogP contribution in [0.15, 0.2) is 30.3 Å². The molecular formula is C19H22N6O2. The monoisotopic (exact) mass is 366 g/mol. The number of rotatable bonds is 4. The second-order valence-corrected chi connectivity index (χ2v) is 6.15. The Balaban J connectivity index is 1.70. The molecule has 1 aliphatic heterocycles. The van der Waals surface area contributed by atoms with Crippen LogP contribution in [0.4, 0.5) is 22.1 Å². The molecule has 2 heterocycles. The van der Waals surface area contributed by atoms with Gasteiger partial charge >= 0.3 is 6.09 Å². The van der Waals surface area contributed by atoms with Crippen LogP contribution in [0.25, 0.3) is 0 Å². The van der Waals surface area contributed by atoms with Gasteiger partial charge in [0.05, 0.1) is 18.2 Å². The lowest BCUT2D eigenvalue weighted by atomic mass is 10.2. The van der Waals surface area contributed by atoms with Crippen molar-refractivity contribution >= 4 is 23.4 Å². The zero-order valence-electron chi connectivity index (χ0n) is 15.5. The first-order valence-electron chi connectivity index (χ1n) is 8.88. The minimum atomic E-state index is -0.268. The summed E-state index contributed by atoms with van der Waals surface area (Å²) in [6.07, 6.45) is -0.268. The van der Waals surface area contributed by atoms with Gasteiger partial charge in [-0.2, -0.15) is 5.26 Å². The summed E-state index contributed by atoms with van der Waals surface area (Å²) in [6, 6.07) is 11.2. The zero-order chi connectivity index (χ0) is 19.2. The molecule has 0 saturated carbocycles. The number of aromatic nitrogens is 2. The number of nitriles is 1. The number of carbonyl (C=O) groups excluding carboxylic acids is 1. The van der Waals surface area contributed by atoms with E-state index in [4.69, 9.17) is 10.00 Å². The largest absolute Gasteiger partial charge is 0.450 e. The highest BCUT2D eigenvalue weighted by atomic mass is 16.6. The van der Waals surface area contributed by atoms with Crippen LogP contribution in [-0.4, -0.2) is 53.7 Å². The topological polar surface area (TPSA) is 94.4 Å². The number of nitrogens with zero attached hydrogens (tertiary/aromatic N) is 5. The van der Waals surface area contributed by atoms with Crippen molar-refractivity contribution in [1.29, 1.82) is 5.26 Å². The van der Waals surface area contributed by atoms with Crippen molar-refractivity contribution in [2.45, 2.75) is 13.8 Å². The van der Waals surface area contributed by atoms with Crippen LogP contribution in [0.1, 0.15) is 18.3 Å². The van der Waals surface area contributed by atoms with E-state index >= 15 is 0 Å². The van der Waals surface area contributed by atoms with E-state index in [0.29, 0.717) is 50.0 Å². The molecule has 3 rings (SSSR count). The standard InChI is InChI=1S/C19H22N6O2/c1-3-27-19(26)25-9-7-24(8-10-25)18-12-17(21-14(2)22-18)23-16-6-4-5-15(11-16)13-20/h4-6,11-12H,3,7-10H2,1-2H3,(H,21,22,23). The molecule has 8 nitrogen and oxygen atoms in total. The molecule has 1 aliphatic rings. The zero-order valence-corrected chi connectivity index (χ0v) is 15.5. The van der Waals surface area contributed by atoms with Crippen molar-refractivity contribution in [1.82, 2.24) is 14.9 Å². The molecule has 140 valence electrons. The molecule has 1 amide bonds. The third-order valence-electron chi connectivity index (χ3n) is 4.22. The van der Waals surface area contributed by atoms with Gasteiger partial charge in [0.2, 0.25) is 0 Å². The Morgan fingerprint density at radius 1 is 1.26 bits per heavy atom. The minimum absolute atomic E-state index is 0.268. The lowest BCUT2D eigenvalue weighted by Gasteiger charge is -2.34. The fourth-order valence-electron chi connectivity index (χ4n) is 2.93. The predicted molar refractivity (Wildman–Crippen MR) is 102 cm³/mol. The smallest absolute Gasteiger partial charge is 0.409 e. The van der Waals surface area contributed by atoms with Gasteiger partial charge in [0.25, 0.3) is 0 Å². The number of nitrogens with one attached hydrogen (secondary N) is 1. The van der Waals surface area contributed by atoms with E-state index < -0.39 is 0 Å². The molecule has 0 spiro atoms. The van der Waals surface area contributed by atoms with Crippen LogP contribution in [0.2, 0.25) is 0 Å². The molecule has 1 saturated heterocycles. The number of benzene rings is 1. The quantitative estimate of drug-likeness (QED) is 0.889. The molecule has 27 heavy (non-hydrogen) atoms. The maximum Gasteiger partial charge on any atom is 0.409 e. The Hall–Kier alpha value is -3.34. The number of hydrogen-bond donors (Lipinski definition) is 1. The summed E-state index contributed by atoms with van der Waals surface area (Å²) >= 11 is 0. The first-order chi connectivity index (χ1) is 13.1. The van der Waals surface area contributed by atoms with Crippen LogP contribution >= 0.6 is 0 Å². The van der Waals surface area contributed by atoms with Gasteiger partial charge in [0, 0.05) is 37.9 Å². The van der Waals surface area contributed by atoms with Gasteiger partial charge in [0.1, 0.15) is 17.5 Å². The highest BCUT2D eigenvalue weighted by Gasteiger charge is 2.23. The van der Waals surface area contributed by atoms with Gasteiger partial charge < -0.3 is 19.9 Å². The van der Waals surface area contributed by atoms with E-state index in [1.54, 1.807) is 24.0 Å². The van der Waals surface area contributed by atoms with Crippen molar-refractivity contribution in [3.63, 3.8) is 0 Å². The highest BCUT2D eigenvalue weighted by Crippen LogP contribution is 2.21. The Labute approximate surface area is 158 Å². The molecule has 1 fully saturated rings. The van der Waals surface area contributed by atoms with E-state index in [9.17, 15) is 4.79 Å². The Morgan fingerprint density at radius 3 is 2.74 bits per heavy atom. The summed E-state index contributed by atoms with van der Waals surface area (Å²) in [6.45, 7) is 6.57. The van der Waals surface area contributed by atoms with Crippen LogP contribution in [0.5, 0.6) is 0 Å². The number of hydrogen-bond acceptors (Lipinski definition) is 7. The molecule has 1 aromatic carbocycles. The van der Waals surface area contributed by atoms with Gasteiger partial charge in [-0.15, -0.1) is 0 Å². The van der Waals surface area contributed by atoms with Crippen LogP contribution in [-0.2, 0) is 4.74 Å². The van der Waals surface area contributed by atoms with E-state index in [1.807, 2.05) is 25.1 Å². The maximum absolute atomic E-state index is 11.8. The SMILES string of the molecule is CCOC(=O)N1CCN(c2cc(Nc3cccc(C#N)c3)nc(C)n2)CC1. The van der Waals surface area contributed by atoms with E-state index in [2.05, 4.69) is 26.3 Å². The van der Waals surface area contributed by atoms with E-state index in [-0.39, 0.29) is 6.09 Å². The van der Waals surface area contributed by atoms with E-state index in [0.717, 1.165) is 11.5 Å².